The maximum Gasteiger partial charge on any atom is 0.184 e. The number of ether oxygens (including phenoxy) is 4. The Hall–Kier alpha value is -2.04. The smallest absolute Gasteiger partial charge is 0.184 e. The van der Waals surface area contributed by atoms with Crippen LogP contribution in [0.15, 0.2) is 48.5 Å². The molecule has 3 unspecified atom stereocenters. The van der Waals surface area contributed by atoms with Gasteiger partial charge in [0.2, 0.25) is 0 Å². The van der Waals surface area contributed by atoms with Crippen molar-refractivity contribution < 1.29 is 18.9 Å². The van der Waals surface area contributed by atoms with E-state index in [4.69, 9.17) is 18.9 Å². The molecule has 27 heavy (non-hydrogen) atoms. The van der Waals surface area contributed by atoms with Crippen LogP contribution in [0.25, 0.3) is 0 Å². The third-order valence-electron chi connectivity index (χ3n) is 4.80. The van der Waals surface area contributed by atoms with Gasteiger partial charge in [0.05, 0.1) is 12.7 Å². The zero-order valence-electron chi connectivity index (χ0n) is 16.7. The minimum Gasteiger partial charge on any atom is -0.491 e. The van der Waals surface area contributed by atoms with Crippen molar-refractivity contribution in [1.82, 2.24) is 0 Å². The van der Waals surface area contributed by atoms with Crippen molar-refractivity contribution in [2.75, 3.05) is 13.2 Å². The van der Waals surface area contributed by atoms with Gasteiger partial charge < -0.3 is 18.9 Å². The third-order valence-corrected chi connectivity index (χ3v) is 4.80. The lowest BCUT2D eigenvalue weighted by Gasteiger charge is -2.15. The molecule has 2 aromatic carbocycles. The van der Waals surface area contributed by atoms with Crippen molar-refractivity contribution in [1.29, 1.82) is 0 Å². The highest BCUT2D eigenvalue weighted by Gasteiger charge is 2.27. The molecule has 1 aliphatic heterocycles. The lowest BCUT2D eigenvalue weighted by atomic mass is 10.0. The first-order valence-corrected chi connectivity index (χ1v) is 9.81. The van der Waals surface area contributed by atoms with Gasteiger partial charge in [-0.2, -0.15) is 0 Å². The van der Waals surface area contributed by atoms with Gasteiger partial charge in [0.15, 0.2) is 6.29 Å². The van der Waals surface area contributed by atoms with Crippen molar-refractivity contribution in [3.63, 3.8) is 0 Å². The van der Waals surface area contributed by atoms with Crippen molar-refractivity contribution in [2.45, 2.75) is 58.5 Å². The molecule has 0 bridgehead atoms. The predicted molar refractivity (Wildman–Crippen MR) is 106 cm³/mol. The fourth-order valence-corrected chi connectivity index (χ4v) is 2.87. The molecule has 1 aliphatic rings. The van der Waals surface area contributed by atoms with Gasteiger partial charge in [0, 0.05) is 5.56 Å². The molecule has 0 aromatic heterocycles. The summed E-state index contributed by atoms with van der Waals surface area (Å²) >= 11 is 0. The highest BCUT2D eigenvalue weighted by atomic mass is 16.7. The molecule has 0 amide bonds. The molecule has 0 saturated carbocycles. The maximum atomic E-state index is 5.99. The van der Waals surface area contributed by atoms with Gasteiger partial charge in [-0.15, -0.1) is 0 Å². The first-order chi connectivity index (χ1) is 13.0. The molecule has 0 spiro atoms. The minimum atomic E-state index is -0.314. The molecule has 0 N–H and O–H groups in total. The molecule has 1 heterocycles. The highest BCUT2D eigenvalue weighted by molar-refractivity contribution is 5.31. The third kappa shape index (κ3) is 5.47. The van der Waals surface area contributed by atoms with E-state index in [9.17, 15) is 0 Å². The summed E-state index contributed by atoms with van der Waals surface area (Å²) in [5, 5.41) is 0. The van der Waals surface area contributed by atoms with Crippen LogP contribution in [0.1, 0.15) is 57.5 Å². The van der Waals surface area contributed by atoms with Crippen molar-refractivity contribution >= 4 is 0 Å². The fraction of sp³-hybridized carbons (Fsp3) is 0.478. The SMILES string of the molecule is CCC(C)Oc1ccc(OCC2COC(c3ccc(C(C)C)cc3)O2)cc1. The van der Waals surface area contributed by atoms with Gasteiger partial charge in [-0.3, -0.25) is 0 Å². The summed E-state index contributed by atoms with van der Waals surface area (Å²) in [5.41, 5.74) is 2.37. The van der Waals surface area contributed by atoms with Crippen LogP contribution in [0.2, 0.25) is 0 Å². The quantitative estimate of drug-likeness (QED) is 0.616. The van der Waals surface area contributed by atoms with Crippen molar-refractivity contribution in [2.24, 2.45) is 0 Å². The van der Waals surface area contributed by atoms with E-state index in [0.29, 0.717) is 19.1 Å². The van der Waals surface area contributed by atoms with E-state index in [1.54, 1.807) is 0 Å². The van der Waals surface area contributed by atoms with E-state index in [-0.39, 0.29) is 18.5 Å². The van der Waals surface area contributed by atoms with Gasteiger partial charge in [-0.25, -0.2) is 0 Å². The largest absolute Gasteiger partial charge is 0.491 e. The molecule has 0 radical (unpaired) electrons. The van der Waals surface area contributed by atoms with E-state index in [0.717, 1.165) is 23.5 Å². The van der Waals surface area contributed by atoms with E-state index in [2.05, 4.69) is 52.0 Å². The number of benzene rings is 2. The van der Waals surface area contributed by atoms with Crippen LogP contribution >= 0.6 is 0 Å². The van der Waals surface area contributed by atoms with Crippen molar-refractivity contribution in [3.05, 3.63) is 59.7 Å². The Bertz CT molecular complexity index is 693. The Morgan fingerprint density at radius 2 is 1.63 bits per heavy atom. The van der Waals surface area contributed by atoms with Crippen LogP contribution in [0.5, 0.6) is 11.5 Å². The number of rotatable bonds is 8. The number of hydrogen-bond donors (Lipinski definition) is 0. The Balaban J connectivity index is 1.47. The van der Waals surface area contributed by atoms with Gasteiger partial charge in [-0.1, -0.05) is 45.0 Å². The second-order valence-electron chi connectivity index (χ2n) is 7.36. The summed E-state index contributed by atoms with van der Waals surface area (Å²) in [6.07, 6.45) is 0.813. The van der Waals surface area contributed by atoms with Gasteiger partial charge in [0.1, 0.15) is 24.2 Å². The predicted octanol–water partition coefficient (Wildman–Crippen LogP) is 5.48. The number of hydrogen-bond acceptors (Lipinski definition) is 4. The Morgan fingerprint density at radius 1 is 0.963 bits per heavy atom. The summed E-state index contributed by atoms with van der Waals surface area (Å²) in [6.45, 7) is 9.55. The van der Waals surface area contributed by atoms with E-state index >= 15 is 0 Å². The Morgan fingerprint density at radius 3 is 2.26 bits per heavy atom. The molecular weight excluding hydrogens is 340 g/mol. The molecule has 3 atom stereocenters. The lowest BCUT2D eigenvalue weighted by molar-refractivity contribution is -0.0659. The first-order valence-electron chi connectivity index (χ1n) is 9.81. The second-order valence-corrected chi connectivity index (χ2v) is 7.36. The summed E-state index contributed by atoms with van der Waals surface area (Å²) in [5.74, 6) is 2.19. The normalized spacial score (nSPS) is 20.6. The minimum absolute atomic E-state index is 0.0733. The molecular formula is C23H30O4. The van der Waals surface area contributed by atoms with Crippen LogP contribution in [-0.2, 0) is 9.47 Å². The summed E-state index contributed by atoms with van der Waals surface area (Å²) in [7, 11) is 0. The zero-order chi connectivity index (χ0) is 19.2. The van der Waals surface area contributed by atoms with E-state index in [1.807, 2.05) is 24.3 Å². The lowest BCUT2D eigenvalue weighted by Crippen LogP contribution is -2.20. The van der Waals surface area contributed by atoms with Crippen molar-refractivity contribution in [3.8, 4) is 11.5 Å². The second kappa shape index (κ2) is 9.25. The summed E-state index contributed by atoms with van der Waals surface area (Å²) in [6, 6.07) is 16.2. The fourth-order valence-electron chi connectivity index (χ4n) is 2.87. The topological polar surface area (TPSA) is 36.9 Å². The molecule has 4 nitrogen and oxygen atoms in total. The van der Waals surface area contributed by atoms with Crippen LogP contribution in [0.4, 0.5) is 0 Å². The van der Waals surface area contributed by atoms with Crippen LogP contribution in [0, 0.1) is 0 Å². The zero-order valence-corrected chi connectivity index (χ0v) is 16.7. The molecule has 2 aromatic rings. The molecule has 1 saturated heterocycles. The van der Waals surface area contributed by atoms with Crippen LogP contribution in [-0.4, -0.2) is 25.4 Å². The molecule has 4 heteroatoms. The molecule has 1 fully saturated rings. The average Bonchev–Trinajstić information content (AvgIpc) is 3.16. The van der Waals surface area contributed by atoms with E-state index in [1.165, 1.54) is 5.56 Å². The monoisotopic (exact) mass is 370 g/mol. The summed E-state index contributed by atoms with van der Waals surface area (Å²) in [4.78, 5) is 0. The molecule has 3 rings (SSSR count). The summed E-state index contributed by atoms with van der Waals surface area (Å²) < 4.78 is 23.4. The maximum absolute atomic E-state index is 5.99. The Labute approximate surface area is 162 Å². The Kier molecular flexibility index (Phi) is 6.75. The van der Waals surface area contributed by atoms with Gasteiger partial charge in [-0.05, 0) is 49.1 Å². The molecule has 0 aliphatic carbocycles. The molecule has 146 valence electrons. The average molecular weight is 370 g/mol. The van der Waals surface area contributed by atoms with E-state index < -0.39 is 0 Å². The highest BCUT2D eigenvalue weighted by Crippen LogP contribution is 2.29. The van der Waals surface area contributed by atoms with Crippen LogP contribution < -0.4 is 9.47 Å². The van der Waals surface area contributed by atoms with Crippen LogP contribution in [0.3, 0.4) is 0 Å². The van der Waals surface area contributed by atoms with Gasteiger partial charge >= 0.3 is 0 Å². The first kappa shape index (κ1) is 19.7. The standard InChI is InChI=1S/C23H30O4/c1-5-17(4)26-21-12-10-20(11-13-21)24-14-22-15-25-23(27-22)19-8-6-18(7-9-19)16(2)3/h6-13,16-17,22-23H,5,14-15H2,1-4H3. The van der Waals surface area contributed by atoms with Gasteiger partial charge in [0.25, 0.3) is 0 Å².